The predicted octanol–water partition coefficient (Wildman–Crippen LogP) is 12.9. The maximum atomic E-state index is 9.83. The van der Waals surface area contributed by atoms with Crippen LogP contribution < -0.4 is 9.47 Å². The molecule has 4 nitrogen and oxygen atoms in total. The highest BCUT2D eigenvalue weighted by molar-refractivity contribution is 7.13. The summed E-state index contributed by atoms with van der Waals surface area (Å²) in [5.74, 6) is 14.2. The number of hydrogen-bond acceptors (Lipinski definition) is 5. The highest BCUT2D eigenvalue weighted by Gasteiger charge is 2.16. The Labute approximate surface area is 313 Å². The molecule has 5 heteroatoms. The fraction of sp³-hybridized carbons (Fsp3) is 0.522. The maximum Gasteiger partial charge on any atom is 0.119 e. The number of nitrogens with zero attached hydrogens (tertiary/aromatic N) is 2. The van der Waals surface area contributed by atoms with Crippen LogP contribution in [0.2, 0.25) is 0 Å². The molecule has 0 saturated carbocycles. The first-order valence-electron chi connectivity index (χ1n) is 19.6. The highest BCUT2D eigenvalue weighted by Crippen LogP contribution is 2.27. The summed E-state index contributed by atoms with van der Waals surface area (Å²) in [6.45, 7) is 5.97. The molecule has 3 rings (SSSR count). The molecule has 2 aromatic carbocycles. The number of benzene rings is 2. The van der Waals surface area contributed by atoms with Crippen molar-refractivity contribution in [1.82, 2.24) is 0 Å². The molecule has 1 heterocycles. The lowest BCUT2D eigenvalue weighted by Crippen LogP contribution is -1.97. The van der Waals surface area contributed by atoms with E-state index in [1.54, 1.807) is 0 Å². The molecule has 0 radical (unpaired) electrons. The zero-order chi connectivity index (χ0) is 36.2. The second-order valence-corrected chi connectivity index (χ2v) is 14.4. The molecule has 0 saturated heterocycles. The van der Waals surface area contributed by atoms with E-state index in [-0.39, 0.29) is 11.1 Å². The van der Waals surface area contributed by atoms with Gasteiger partial charge in [-0.05, 0) is 73.2 Å². The molecule has 0 fully saturated rings. The quantitative estimate of drug-likeness (QED) is 0.0688. The van der Waals surface area contributed by atoms with Crippen LogP contribution in [0.15, 0.2) is 48.5 Å². The summed E-state index contributed by atoms with van der Waals surface area (Å²) in [5.41, 5.74) is 2.21. The number of rotatable bonds is 24. The summed E-state index contributed by atoms with van der Waals surface area (Å²) in [6, 6.07) is 19.8. The maximum absolute atomic E-state index is 9.83. The van der Waals surface area contributed by atoms with Crippen LogP contribution >= 0.6 is 11.3 Å². The van der Waals surface area contributed by atoms with Gasteiger partial charge >= 0.3 is 0 Å². The first kappa shape index (κ1) is 41.3. The van der Waals surface area contributed by atoms with Crippen LogP contribution in [0.3, 0.4) is 0 Å². The number of ether oxygens (including phenoxy) is 2. The number of nitriles is 2. The van der Waals surface area contributed by atoms with Crippen LogP contribution in [-0.4, -0.2) is 13.2 Å². The van der Waals surface area contributed by atoms with Gasteiger partial charge < -0.3 is 9.47 Å². The SMILES string of the molecule is CCCCCCCCCCCCOc1ccc(C#Cc2sc(C#Cc3ccc(OCCCCCCCCCCCC)cc3)c(C#N)c2C#N)cc1. The lowest BCUT2D eigenvalue weighted by Gasteiger charge is -2.06. The van der Waals surface area contributed by atoms with E-state index in [9.17, 15) is 10.5 Å². The molecule has 0 amide bonds. The minimum absolute atomic E-state index is 0.284. The molecular formula is C46H58N2O2S. The van der Waals surface area contributed by atoms with E-state index in [1.807, 2.05) is 48.5 Å². The molecule has 0 aliphatic rings. The van der Waals surface area contributed by atoms with Crippen LogP contribution in [0.25, 0.3) is 0 Å². The van der Waals surface area contributed by atoms with Crippen molar-refractivity contribution in [2.24, 2.45) is 0 Å². The van der Waals surface area contributed by atoms with E-state index >= 15 is 0 Å². The minimum atomic E-state index is 0.284. The normalized spacial score (nSPS) is 10.4. The fourth-order valence-electron chi connectivity index (χ4n) is 5.91. The summed E-state index contributed by atoms with van der Waals surface area (Å²) in [7, 11) is 0. The lowest BCUT2D eigenvalue weighted by atomic mass is 10.1. The van der Waals surface area contributed by atoms with Gasteiger partial charge in [0.05, 0.1) is 34.1 Å². The van der Waals surface area contributed by atoms with Crippen molar-refractivity contribution in [2.45, 2.75) is 142 Å². The first-order valence-corrected chi connectivity index (χ1v) is 20.5. The standard InChI is InChI=1S/C46H58N2O2S/c1-3-5-7-9-11-13-15-17-19-21-35-49-41-29-23-39(24-30-41)27-33-45-43(37-47)44(38-48)46(51-45)34-28-40-25-31-42(32-26-40)50-36-22-20-18-16-14-12-10-8-6-4-2/h23-26,29-32H,3-22,35-36H2,1-2H3. The molecular weight excluding hydrogens is 645 g/mol. The molecule has 0 aliphatic heterocycles. The van der Waals surface area contributed by atoms with E-state index < -0.39 is 0 Å². The van der Waals surface area contributed by atoms with Gasteiger partial charge in [0.25, 0.3) is 0 Å². The molecule has 1 aromatic heterocycles. The van der Waals surface area contributed by atoms with E-state index in [0.717, 1.165) is 48.7 Å². The fourth-order valence-corrected chi connectivity index (χ4v) is 6.81. The van der Waals surface area contributed by atoms with Gasteiger partial charge in [0.1, 0.15) is 23.6 Å². The third-order valence-electron chi connectivity index (χ3n) is 9.01. The Morgan fingerprint density at radius 2 is 0.745 bits per heavy atom. The Kier molecular flexibility index (Phi) is 21.5. The topological polar surface area (TPSA) is 66.0 Å². The summed E-state index contributed by atoms with van der Waals surface area (Å²) in [4.78, 5) is 1.10. The van der Waals surface area contributed by atoms with Crippen LogP contribution in [0, 0.1) is 46.3 Å². The van der Waals surface area contributed by atoms with Gasteiger partial charge in [-0.25, -0.2) is 0 Å². The zero-order valence-corrected chi connectivity index (χ0v) is 32.1. The summed E-state index contributed by atoms with van der Waals surface area (Å²) >= 11 is 1.29. The van der Waals surface area contributed by atoms with Gasteiger partial charge in [0.2, 0.25) is 0 Å². The van der Waals surface area contributed by atoms with Crippen LogP contribution in [0.5, 0.6) is 11.5 Å². The second kappa shape index (κ2) is 26.6. The summed E-state index contributed by atoms with van der Waals surface area (Å²) in [5, 5.41) is 19.7. The second-order valence-electron chi connectivity index (χ2n) is 13.3. The van der Waals surface area contributed by atoms with Gasteiger partial charge in [0, 0.05) is 11.1 Å². The third kappa shape index (κ3) is 17.1. The molecule has 0 unspecified atom stereocenters. The van der Waals surface area contributed by atoms with Crippen molar-refractivity contribution in [2.75, 3.05) is 13.2 Å². The smallest absolute Gasteiger partial charge is 0.119 e. The van der Waals surface area contributed by atoms with Gasteiger partial charge in [-0.1, -0.05) is 141 Å². The van der Waals surface area contributed by atoms with Crippen molar-refractivity contribution in [3.63, 3.8) is 0 Å². The van der Waals surface area contributed by atoms with Crippen molar-refractivity contribution in [3.05, 3.63) is 80.5 Å². The van der Waals surface area contributed by atoms with E-state index in [1.165, 1.54) is 127 Å². The van der Waals surface area contributed by atoms with Gasteiger partial charge in [-0.2, -0.15) is 10.5 Å². The van der Waals surface area contributed by atoms with Crippen molar-refractivity contribution in [1.29, 1.82) is 10.5 Å². The number of hydrogen-bond donors (Lipinski definition) is 0. The largest absolute Gasteiger partial charge is 0.494 e. The van der Waals surface area contributed by atoms with Gasteiger partial charge in [-0.15, -0.1) is 11.3 Å². The Balaban J connectivity index is 1.42. The highest BCUT2D eigenvalue weighted by atomic mass is 32.1. The lowest BCUT2D eigenvalue weighted by molar-refractivity contribution is 0.304. The molecule has 0 atom stereocenters. The van der Waals surface area contributed by atoms with E-state index in [2.05, 4.69) is 49.7 Å². The van der Waals surface area contributed by atoms with Crippen LogP contribution in [-0.2, 0) is 0 Å². The Morgan fingerprint density at radius 3 is 1.06 bits per heavy atom. The zero-order valence-electron chi connectivity index (χ0n) is 31.3. The Morgan fingerprint density at radius 1 is 0.431 bits per heavy atom. The number of unbranched alkanes of at least 4 members (excludes halogenated alkanes) is 18. The van der Waals surface area contributed by atoms with E-state index in [0.29, 0.717) is 9.75 Å². The van der Waals surface area contributed by atoms with E-state index in [4.69, 9.17) is 9.47 Å². The molecule has 3 aromatic rings. The molecule has 0 bridgehead atoms. The number of thiophene rings is 1. The molecule has 51 heavy (non-hydrogen) atoms. The molecule has 0 spiro atoms. The Bertz CT molecular complexity index is 1480. The van der Waals surface area contributed by atoms with Crippen molar-refractivity contribution < 1.29 is 9.47 Å². The Hall–Kier alpha value is -4.16. The van der Waals surface area contributed by atoms with Crippen LogP contribution in [0.4, 0.5) is 0 Å². The summed E-state index contributed by atoms with van der Waals surface area (Å²) < 4.78 is 11.9. The minimum Gasteiger partial charge on any atom is -0.494 e. The van der Waals surface area contributed by atoms with Gasteiger partial charge in [0.15, 0.2) is 0 Å². The average Bonchev–Trinajstić information content (AvgIpc) is 3.51. The van der Waals surface area contributed by atoms with Crippen molar-refractivity contribution >= 4 is 11.3 Å². The summed E-state index contributed by atoms with van der Waals surface area (Å²) in [6.07, 6.45) is 26.1. The predicted molar refractivity (Wildman–Crippen MR) is 213 cm³/mol. The first-order chi connectivity index (χ1) is 25.2. The monoisotopic (exact) mass is 702 g/mol. The van der Waals surface area contributed by atoms with Gasteiger partial charge in [-0.3, -0.25) is 0 Å². The van der Waals surface area contributed by atoms with Crippen LogP contribution in [0.1, 0.15) is 174 Å². The molecule has 0 aliphatic carbocycles. The van der Waals surface area contributed by atoms with Crippen molar-refractivity contribution in [3.8, 4) is 47.3 Å². The third-order valence-corrected chi connectivity index (χ3v) is 10.0. The molecule has 270 valence electrons. The molecule has 0 N–H and O–H groups in total. The average molecular weight is 703 g/mol.